The Labute approximate surface area is 656 Å². The molecule has 0 bridgehead atoms. The average molecular weight is 1840 g/mol. The fourth-order valence-corrected chi connectivity index (χ4v) is 10.6. The number of alkyl halides is 24. The first-order chi connectivity index (χ1) is 47.5. The van der Waals surface area contributed by atoms with E-state index in [0.29, 0.717) is 23.7 Å². The molecule has 108 heavy (non-hydrogen) atoms. The summed E-state index contributed by atoms with van der Waals surface area (Å²) >= 11 is 0. The molecule has 666 valence electrons. The summed E-state index contributed by atoms with van der Waals surface area (Å²) in [4.78, 5) is 4.74. The van der Waals surface area contributed by atoms with Crippen LogP contribution in [0.2, 0.25) is 0 Å². The molecule has 0 aromatic heterocycles. The molecular weight excluding hydrogens is 1730 g/mol. The minimum Gasteiger partial charge on any atom is -0.662 e. The minimum atomic E-state index is -5.15. The minimum absolute atomic E-state index is 0. The van der Waals surface area contributed by atoms with Crippen molar-refractivity contribution in [3.63, 3.8) is 0 Å². The van der Waals surface area contributed by atoms with Gasteiger partial charge in [0.05, 0.1) is 24.4 Å². The summed E-state index contributed by atoms with van der Waals surface area (Å²) in [6, 6.07) is 0. The summed E-state index contributed by atoms with van der Waals surface area (Å²) in [5.41, 5.74) is 0. The second-order valence-electron chi connectivity index (χ2n) is 26.4. The Morgan fingerprint density at radius 2 is 0.398 bits per heavy atom. The van der Waals surface area contributed by atoms with Gasteiger partial charge in [0.25, 0.3) is 0 Å². The molecular formula is C62H106Cu4F24N6O12+2. The summed E-state index contributed by atoms with van der Waals surface area (Å²) in [6.07, 6.45) is -51.6. The fraction of sp³-hybridized carbons (Fsp3) is 1.00. The molecule has 0 amide bonds. The van der Waals surface area contributed by atoms with Crippen LogP contribution in [0.3, 0.4) is 0 Å². The van der Waals surface area contributed by atoms with Crippen LogP contribution in [-0.2, 0) is 68.3 Å². The molecule has 4 aliphatic carbocycles. The van der Waals surface area contributed by atoms with Gasteiger partial charge >= 0.3 is 118 Å². The molecule has 4 rings (SSSR count). The average Bonchev–Trinajstić information content (AvgIpc) is 0.881. The Kier molecular flexibility index (Phi) is 65.1. The van der Waals surface area contributed by atoms with Crippen molar-refractivity contribution >= 4 is 0 Å². The van der Waals surface area contributed by atoms with Gasteiger partial charge in [0.15, 0.2) is 48.8 Å². The van der Waals surface area contributed by atoms with Crippen molar-refractivity contribution in [3.05, 3.63) is 21.3 Å². The van der Waals surface area contributed by atoms with E-state index >= 15 is 0 Å². The zero-order valence-corrected chi connectivity index (χ0v) is 62.8. The maximum absolute atomic E-state index is 11.5. The van der Waals surface area contributed by atoms with Crippen LogP contribution in [-0.4, -0.2) is 286 Å². The van der Waals surface area contributed by atoms with Crippen LogP contribution in [0.5, 0.6) is 0 Å². The molecule has 12 N–H and O–H groups in total. The quantitative estimate of drug-likeness (QED) is 0.0169. The van der Waals surface area contributed by atoms with Gasteiger partial charge in [-0.25, -0.2) is 0 Å². The van der Waals surface area contributed by atoms with Crippen molar-refractivity contribution in [3.8, 4) is 0 Å². The van der Waals surface area contributed by atoms with E-state index in [9.17, 15) is 126 Å². The number of aliphatic hydroxyl groups excluding tert-OH is 12. The Bertz CT molecular complexity index is 1780. The maximum Gasteiger partial charge on any atom is 2.00 e. The van der Waals surface area contributed by atoms with Crippen molar-refractivity contribution in [2.24, 2.45) is 23.7 Å². The van der Waals surface area contributed by atoms with Crippen LogP contribution < -0.4 is 0 Å². The molecule has 2 radical (unpaired) electrons. The number of halogens is 24. The van der Waals surface area contributed by atoms with E-state index < -0.39 is 124 Å². The molecule has 0 heterocycles. The summed E-state index contributed by atoms with van der Waals surface area (Å²) in [6.45, 7) is 11.4. The summed E-state index contributed by atoms with van der Waals surface area (Å²) < 4.78 is 275. The zero-order chi connectivity index (χ0) is 80.7. The Hall–Kier alpha value is -0.322. The van der Waals surface area contributed by atoms with Gasteiger partial charge < -0.3 is 92.3 Å². The fourth-order valence-electron chi connectivity index (χ4n) is 10.6. The second kappa shape index (κ2) is 59.4. The third-order valence-electron chi connectivity index (χ3n) is 17.2. The van der Waals surface area contributed by atoms with Gasteiger partial charge in [-0.05, 0) is 115 Å². The Morgan fingerprint density at radius 1 is 0.269 bits per heavy atom. The van der Waals surface area contributed by atoms with Crippen molar-refractivity contribution < 1.29 is 235 Å². The van der Waals surface area contributed by atoms with E-state index in [0.717, 1.165) is 156 Å². The largest absolute Gasteiger partial charge is 2.00 e. The van der Waals surface area contributed by atoms with Crippen LogP contribution in [0.4, 0.5) is 105 Å². The topological polar surface area (TPSA) is 306 Å². The summed E-state index contributed by atoms with van der Waals surface area (Å²) in [5.74, 6) is 1.63. The van der Waals surface area contributed by atoms with Gasteiger partial charge in [0.2, 0.25) is 0 Å². The molecule has 4 saturated carbocycles. The van der Waals surface area contributed by atoms with E-state index in [1.54, 1.807) is 0 Å². The second-order valence-corrected chi connectivity index (χ2v) is 26.4. The van der Waals surface area contributed by atoms with Crippen molar-refractivity contribution in [2.45, 2.75) is 277 Å². The first kappa shape index (κ1) is 119. The molecule has 16 atom stereocenters. The number of hydrogen-bond donors (Lipinski definition) is 12. The van der Waals surface area contributed by atoms with Crippen molar-refractivity contribution in [1.82, 2.24) is 9.80 Å². The van der Waals surface area contributed by atoms with Gasteiger partial charge in [0.1, 0.15) is 0 Å². The first-order valence-corrected chi connectivity index (χ1v) is 34.1. The third-order valence-corrected chi connectivity index (χ3v) is 17.2. The van der Waals surface area contributed by atoms with E-state index in [1.807, 2.05) is 0 Å². The van der Waals surface area contributed by atoms with Gasteiger partial charge in [0, 0.05) is 25.7 Å². The predicted octanol–water partition coefficient (Wildman–Crippen LogP) is 12.0. The maximum atomic E-state index is 11.5. The number of hydrogen-bond acceptors (Lipinski definition) is 14. The van der Waals surface area contributed by atoms with Crippen molar-refractivity contribution in [2.75, 3.05) is 92.6 Å². The number of rotatable bonds is 32. The molecule has 0 aliphatic heterocycles. The molecule has 18 nitrogen and oxygen atoms in total. The Balaban J connectivity index is -0.000000297. The van der Waals surface area contributed by atoms with Crippen LogP contribution >= 0.6 is 0 Å². The SMILES string of the molecule is CN(CCC[N-]CC1CCCCC1O)CCC[N-]CC1CCCCC1O.CN(CCC[N-]CC1CCCCC1O)CCC[N-]CC1CCCCC1O.OC(CC(O)C(F)(F)F)C(F)(F)F.OC(CC(O)C(F)(F)F)C(F)(F)F.OC(CC(O)C(F)(F)F)C(F)(F)F.OC(CC(O)C(F)(F)F)C(F)(F)F.[Cu+2].[Cu+2].[Cu+].[Cu+]. The third kappa shape index (κ3) is 59.4. The van der Waals surface area contributed by atoms with E-state index in [2.05, 4.69) is 45.2 Å². The molecule has 4 aliphatic rings. The predicted molar refractivity (Wildman–Crippen MR) is 333 cm³/mol. The van der Waals surface area contributed by atoms with Crippen LogP contribution in [0.1, 0.15) is 154 Å². The zero-order valence-electron chi connectivity index (χ0n) is 59.0. The van der Waals surface area contributed by atoms with E-state index in [1.165, 1.54) is 51.4 Å². The van der Waals surface area contributed by atoms with Gasteiger partial charge in [-0.2, -0.15) is 105 Å². The monoisotopic (exact) mass is 1830 g/mol. The first-order valence-electron chi connectivity index (χ1n) is 34.1. The molecule has 0 spiro atoms. The molecule has 0 saturated heterocycles. The van der Waals surface area contributed by atoms with Gasteiger partial charge in [-0.3, -0.25) is 0 Å². The number of nitrogens with zero attached hydrogens (tertiary/aromatic N) is 6. The standard InChI is InChI=1S/2C21H41N3O2.4C5H6F6O2.4Cu/c2*1-24(14-6-12-22-16-18-8-2-4-10-20(18)25)15-7-13-23-17-19-9-3-5-11-21(19)26;4*6-4(7,8)2(12)1-3(13)5(9,10)11;;;;/h2*18-21,25-26H,2-17H2,1H3;4*2-3,12-13H,1H2;;;;/q2*-2;;;;;2*+1;2*+2. The molecule has 4 fully saturated rings. The van der Waals surface area contributed by atoms with Crippen LogP contribution in [0.25, 0.3) is 21.3 Å². The smallest absolute Gasteiger partial charge is 0.662 e. The van der Waals surface area contributed by atoms with Gasteiger partial charge in [-0.15, -0.1) is 52.4 Å². The van der Waals surface area contributed by atoms with Crippen LogP contribution in [0.15, 0.2) is 0 Å². The van der Waals surface area contributed by atoms with Crippen LogP contribution in [0, 0.1) is 23.7 Å². The molecule has 0 aromatic carbocycles. The van der Waals surface area contributed by atoms with Crippen molar-refractivity contribution in [1.29, 1.82) is 0 Å². The van der Waals surface area contributed by atoms with Gasteiger partial charge in [-0.1, -0.05) is 77.0 Å². The summed E-state index contributed by atoms with van der Waals surface area (Å²) in [7, 11) is 4.35. The Morgan fingerprint density at radius 3 is 0.519 bits per heavy atom. The molecule has 0 aromatic rings. The summed E-state index contributed by atoms with van der Waals surface area (Å²) in [5, 5.41) is 124. The molecule has 46 heteroatoms. The number of aliphatic hydroxyl groups is 12. The van der Waals surface area contributed by atoms with E-state index in [-0.39, 0.29) is 92.7 Å². The van der Waals surface area contributed by atoms with E-state index in [4.69, 9.17) is 40.9 Å². The normalized spacial score (nSPS) is 23.3. The molecule has 16 unspecified atom stereocenters.